The van der Waals surface area contributed by atoms with Crippen LogP contribution in [0.4, 0.5) is 0 Å². The van der Waals surface area contributed by atoms with Crippen molar-refractivity contribution in [3.05, 3.63) is 84.5 Å². The van der Waals surface area contributed by atoms with E-state index in [0.29, 0.717) is 10.9 Å². The Labute approximate surface area is 127 Å². The Morgan fingerprint density at radius 1 is 1.15 bits per heavy atom. The summed E-state index contributed by atoms with van der Waals surface area (Å²) in [6, 6.07) is 10.7. The summed E-state index contributed by atoms with van der Waals surface area (Å²) in [7, 11) is 0.309. The summed E-state index contributed by atoms with van der Waals surface area (Å²) in [6.45, 7) is 12.0. The highest BCUT2D eigenvalue weighted by Crippen LogP contribution is 2.14. The lowest BCUT2D eigenvalue weighted by Crippen LogP contribution is -2.15. The maximum atomic E-state index is 3.91. The summed E-state index contributed by atoms with van der Waals surface area (Å²) in [4.78, 5) is 0. The number of hydrogen-bond acceptors (Lipinski definition) is 0. The van der Waals surface area contributed by atoms with Gasteiger partial charge in [0.25, 0.3) is 0 Å². The molecule has 0 radical (unpaired) electrons. The van der Waals surface area contributed by atoms with E-state index in [0.717, 1.165) is 17.3 Å². The molecule has 0 nitrogen and oxygen atoms in total. The number of benzene rings is 1. The molecule has 0 spiro atoms. The van der Waals surface area contributed by atoms with Gasteiger partial charge in [-0.2, -0.15) is 0 Å². The molecule has 1 rings (SSSR count). The van der Waals surface area contributed by atoms with Gasteiger partial charge in [0.05, 0.1) is 0 Å². The Balaban J connectivity index is 2.79. The fraction of sp³-hybridized carbons (Fsp3) is 0.263. The van der Waals surface area contributed by atoms with Crippen molar-refractivity contribution in [3.63, 3.8) is 0 Å². The highest BCUT2D eigenvalue weighted by atomic mass is 32.2. The second-order valence-electron chi connectivity index (χ2n) is 5.02. The predicted octanol–water partition coefficient (Wildman–Crippen LogP) is 5.07. The fourth-order valence-corrected chi connectivity index (χ4v) is 4.08. The van der Waals surface area contributed by atoms with Crippen LogP contribution in [-0.2, 0) is 16.6 Å². The number of hydrogen-bond donors (Lipinski definition) is 0. The third kappa shape index (κ3) is 6.63. The Kier molecular flexibility index (Phi) is 7.82. The molecule has 20 heavy (non-hydrogen) atoms. The van der Waals surface area contributed by atoms with E-state index in [1.807, 2.05) is 12.2 Å². The van der Waals surface area contributed by atoms with Gasteiger partial charge in [0, 0.05) is 22.0 Å². The van der Waals surface area contributed by atoms with E-state index in [1.54, 1.807) is 0 Å². The number of allylic oxidation sites excluding steroid dienone is 4. The van der Waals surface area contributed by atoms with Crippen LogP contribution in [0.15, 0.2) is 78.9 Å². The zero-order chi connectivity index (χ0) is 14.8. The zero-order valence-electron chi connectivity index (χ0n) is 12.6. The Bertz CT molecular complexity index is 476. The minimum Gasteiger partial charge on any atom is -0.0991 e. The molecular formula is C19H25S+. The second kappa shape index (κ2) is 9.44. The average molecular weight is 285 g/mol. The van der Waals surface area contributed by atoms with E-state index in [4.69, 9.17) is 0 Å². The van der Waals surface area contributed by atoms with Crippen LogP contribution in [0.3, 0.4) is 0 Å². The summed E-state index contributed by atoms with van der Waals surface area (Å²) in [5.74, 6) is 3.35. The molecular weight excluding hydrogens is 260 g/mol. The highest BCUT2D eigenvalue weighted by molar-refractivity contribution is 7.96. The first-order chi connectivity index (χ1) is 9.65. The van der Waals surface area contributed by atoms with Gasteiger partial charge in [-0.1, -0.05) is 67.3 Å². The lowest BCUT2D eigenvalue weighted by Gasteiger charge is -2.08. The van der Waals surface area contributed by atoms with Crippen molar-refractivity contribution in [1.82, 2.24) is 0 Å². The monoisotopic (exact) mass is 285 g/mol. The first kappa shape index (κ1) is 16.6. The molecule has 0 fully saturated rings. The van der Waals surface area contributed by atoms with E-state index in [2.05, 4.69) is 69.5 Å². The first-order valence-corrected chi connectivity index (χ1v) is 8.64. The molecule has 0 aliphatic rings. The normalized spacial score (nSPS) is 12.6. The van der Waals surface area contributed by atoms with Gasteiger partial charge in [0.1, 0.15) is 17.3 Å². The standard InChI is InChI=1S/C19H25S/c1-5-10-18(6-2)15-20(14-13-17(3)4)16-19-11-8-7-9-12-19/h5-13H,1-2,14-16H2,3-4H3/q+1/b18-10+. The van der Waals surface area contributed by atoms with Gasteiger partial charge in [0.2, 0.25) is 0 Å². The topological polar surface area (TPSA) is 0 Å². The molecule has 0 aliphatic heterocycles. The van der Waals surface area contributed by atoms with Gasteiger partial charge >= 0.3 is 0 Å². The average Bonchev–Trinajstić information content (AvgIpc) is 2.45. The van der Waals surface area contributed by atoms with Crippen LogP contribution in [0.5, 0.6) is 0 Å². The molecule has 0 heterocycles. The van der Waals surface area contributed by atoms with E-state index < -0.39 is 0 Å². The summed E-state index contributed by atoms with van der Waals surface area (Å²) >= 11 is 0. The smallest absolute Gasteiger partial charge is 0.0991 e. The van der Waals surface area contributed by atoms with Gasteiger partial charge in [-0.25, -0.2) is 0 Å². The predicted molar refractivity (Wildman–Crippen MR) is 95.2 cm³/mol. The van der Waals surface area contributed by atoms with Crippen LogP contribution >= 0.6 is 0 Å². The van der Waals surface area contributed by atoms with E-state index in [9.17, 15) is 0 Å². The molecule has 0 N–H and O–H groups in total. The lowest BCUT2D eigenvalue weighted by atomic mass is 10.2. The molecule has 0 amide bonds. The molecule has 0 bridgehead atoms. The molecule has 1 heteroatoms. The second-order valence-corrected chi connectivity index (χ2v) is 7.15. The van der Waals surface area contributed by atoms with Crippen LogP contribution in [0, 0.1) is 0 Å². The van der Waals surface area contributed by atoms with Gasteiger partial charge in [-0.15, -0.1) is 0 Å². The van der Waals surface area contributed by atoms with Crippen LogP contribution in [-0.4, -0.2) is 11.5 Å². The third-order valence-corrected chi connectivity index (χ3v) is 5.03. The molecule has 0 aromatic heterocycles. The first-order valence-electron chi connectivity index (χ1n) is 6.91. The Morgan fingerprint density at radius 3 is 2.40 bits per heavy atom. The summed E-state index contributed by atoms with van der Waals surface area (Å²) < 4.78 is 0. The largest absolute Gasteiger partial charge is 0.133 e. The Hall–Kier alpha value is -1.47. The molecule has 1 unspecified atom stereocenters. The molecule has 1 atom stereocenters. The Morgan fingerprint density at radius 2 is 1.85 bits per heavy atom. The van der Waals surface area contributed by atoms with Crippen LogP contribution in [0.2, 0.25) is 0 Å². The van der Waals surface area contributed by atoms with Gasteiger partial charge < -0.3 is 0 Å². The van der Waals surface area contributed by atoms with Crippen molar-refractivity contribution < 1.29 is 0 Å². The zero-order valence-corrected chi connectivity index (χ0v) is 13.5. The quantitative estimate of drug-likeness (QED) is 0.355. The van der Waals surface area contributed by atoms with Crippen LogP contribution < -0.4 is 0 Å². The fourth-order valence-electron chi connectivity index (χ4n) is 1.83. The third-order valence-electron chi connectivity index (χ3n) is 2.91. The number of rotatable bonds is 8. The van der Waals surface area contributed by atoms with Gasteiger partial charge in [-0.3, -0.25) is 0 Å². The van der Waals surface area contributed by atoms with Gasteiger partial charge in [-0.05, 0) is 19.9 Å². The molecule has 0 saturated carbocycles. The molecule has 0 saturated heterocycles. The maximum absolute atomic E-state index is 3.91. The van der Waals surface area contributed by atoms with E-state index in [-0.39, 0.29) is 0 Å². The van der Waals surface area contributed by atoms with E-state index in [1.165, 1.54) is 16.7 Å². The lowest BCUT2D eigenvalue weighted by molar-refractivity contribution is 1.34. The van der Waals surface area contributed by atoms with Crippen molar-refractivity contribution >= 4 is 10.9 Å². The van der Waals surface area contributed by atoms with Crippen molar-refractivity contribution in [2.75, 3.05) is 11.5 Å². The minimum atomic E-state index is 0.309. The van der Waals surface area contributed by atoms with Crippen molar-refractivity contribution in [2.24, 2.45) is 0 Å². The maximum Gasteiger partial charge on any atom is 0.133 e. The van der Waals surface area contributed by atoms with Crippen LogP contribution in [0.1, 0.15) is 19.4 Å². The molecule has 1 aromatic rings. The molecule has 106 valence electrons. The van der Waals surface area contributed by atoms with Crippen molar-refractivity contribution in [1.29, 1.82) is 0 Å². The van der Waals surface area contributed by atoms with Crippen LogP contribution in [0.25, 0.3) is 0 Å². The van der Waals surface area contributed by atoms with Gasteiger partial charge in [0.15, 0.2) is 0 Å². The molecule has 1 aromatic carbocycles. The summed E-state index contributed by atoms with van der Waals surface area (Å²) in [5, 5.41) is 0. The van der Waals surface area contributed by atoms with E-state index >= 15 is 0 Å². The summed E-state index contributed by atoms with van der Waals surface area (Å²) in [6.07, 6.45) is 8.22. The highest BCUT2D eigenvalue weighted by Gasteiger charge is 2.18. The summed E-state index contributed by atoms with van der Waals surface area (Å²) in [5.41, 5.74) is 4.09. The van der Waals surface area contributed by atoms with Crippen molar-refractivity contribution in [3.8, 4) is 0 Å². The minimum absolute atomic E-state index is 0.309. The van der Waals surface area contributed by atoms with Crippen molar-refractivity contribution in [2.45, 2.75) is 19.6 Å². The SMILES string of the molecule is C=C/C=C(\C=C)C[S+](CC=C(C)C)Cc1ccccc1. The molecule has 0 aliphatic carbocycles.